The van der Waals surface area contributed by atoms with E-state index >= 15 is 0 Å². The summed E-state index contributed by atoms with van der Waals surface area (Å²) in [7, 11) is -3.86. The predicted octanol–water partition coefficient (Wildman–Crippen LogP) is 2.93. The summed E-state index contributed by atoms with van der Waals surface area (Å²) in [6.07, 6.45) is 0. The Morgan fingerprint density at radius 3 is 2.33 bits per heavy atom. The third-order valence-corrected chi connectivity index (χ3v) is 6.14. The summed E-state index contributed by atoms with van der Waals surface area (Å²) in [6, 6.07) is 1.71. The number of rotatable bonds is 2. The maximum absolute atomic E-state index is 13.2. The third kappa shape index (κ3) is 3.81. The number of benzene rings is 1. The van der Waals surface area contributed by atoms with Crippen LogP contribution < -0.4 is 5.32 Å². The zero-order valence-electron chi connectivity index (χ0n) is 11.4. The van der Waals surface area contributed by atoms with Crippen LogP contribution in [0, 0.1) is 5.82 Å². The van der Waals surface area contributed by atoms with Crippen LogP contribution in [0.5, 0.6) is 0 Å². The zero-order chi connectivity index (χ0) is 15.1. The Morgan fingerprint density at radius 1 is 1.29 bits per heavy atom. The number of piperazine rings is 1. The number of nitrogens with one attached hydrogen (secondary N) is 1. The van der Waals surface area contributed by atoms with E-state index in [9.17, 15) is 12.8 Å². The van der Waals surface area contributed by atoms with Gasteiger partial charge in [-0.2, -0.15) is 4.31 Å². The van der Waals surface area contributed by atoms with Gasteiger partial charge in [0.05, 0.1) is 10.0 Å². The van der Waals surface area contributed by atoms with E-state index in [1.807, 2.05) is 6.92 Å². The lowest BCUT2D eigenvalue weighted by Crippen LogP contribution is -2.56. The van der Waals surface area contributed by atoms with E-state index in [1.165, 1.54) is 4.31 Å². The van der Waals surface area contributed by atoms with Crippen LogP contribution in [-0.4, -0.2) is 37.9 Å². The van der Waals surface area contributed by atoms with E-state index in [4.69, 9.17) is 23.2 Å². The van der Waals surface area contributed by atoms with Gasteiger partial charge in [0.2, 0.25) is 10.0 Å². The minimum absolute atomic E-state index is 0. The van der Waals surface area contributed by atoms with Crippen molar-refractivity contribution in [2.75, 3.05) is 13.1 Å². The number of halogens is 4. The molecule has 1 aromatic rings. The number of nitrogens with zero attached hydrogens (tertiary/aromatic N) is 1. The number of hydrogen-bond acceptors (Lipinski definition) is 3. The molecule has 4 nitrogen and oxygen atoms in total. The minimum Gasteiger partial charge on any atom is -0.311 e. The van der Waals surface area contributed by atoms with Crippen LogP contribution >= 0.6 is 35.6 Å². The molecule has 0 amide bonds. The fraction of sp³-hybridized carbons (Fsp3) is 0.500. The van der Waals surface area contributed by atoms with Gasteiger partial charge >= 0.3 is 0 Å². The molecule has 2 atom stereocenters. The lowest BCUT2D eigenvalue weighted by atomic mass is 10.2. The quantitative estimate of drug-likeness (QED) is 0.862. The minimum atomic E-state index is -3.86. The van der Waals surface area contributed by atoms with E-state index < -0.39 is 15.8 Å². The van der Waals surface area contributed by atoms with Gasteiger partial charge in [0, 0.05) is 25.2 Å². The SMILES string of the molecule is CC1CN(S(=O)(=O)c2c(Cl)cc(F)cc2Cl)C(C)CN1.Cl. The Bertz CT molecular complexity index is 604. The molecule has 2 rings (SSSR count). The Morgan fingerprint density at radius 2 is 1.81 bits per heavy atom. The Kier molecular flexibility index (Phi) is 6.29. The first-order chi connectivity index (χ1) is 9.23. The van der Waals surface area contributed by atoms with Crippen molar-refractivity contribution >= 4 is 45.6 Å². The Labute approximate surface area is 140 Å². The second kappa shape index (κ2) is 6.98. The second-order valence-corrected chi connectivity index (χ2v) is 7.57. The highest BCUT2D eigenvalue weighted by atomic mass is 35.5. The monoisotopic (exact) mass is 376 g/mol. The largest absolute Gasteiger partial charge is 0.311 e. The lowest BCUT2D eigenvalue weighted by molar-refractivity contribution is 0.244. The molecule has 1 aromatic carbocycles. The summed E-state index contributed by atoms with van der Waals surface area (Å²) >= 11 is 11.8. The molecule has 0 bridgehead atoms. The van der Waals surface area contributed by atoms with Gasteiger partial charge in [-0.25, -0.2) is 12.8 Å². The normalized spacial score (nSPS) is 23.7. The predicted molar refractivity (Wildman–Crippen MR) is 84.5 cm³/mol. The first-order valence-electron chi connectivity index (χ1n) is 6.13. The van der Waals surface area contributed by atoms with Gasteiger partial charge in [0.25, 0.3) is 0 Å². The van der Waals surface area contributed by atoms with Crippen molar-refractivity contribution < 1.29 is 12.8 Å². The van der Waals surface area contributed by atoms with Crippen LogP contribution in [0.3, 0.4) is 0 Å². The highest BCUT2D eigenvalue weighted by molar-refractivity contribution is 7.89. The van der Waals surface area contributed by atoms with Crippen LogP contribution in [0.4, 0.5) is 4.39 Å². The fourth-order valence-corrected chi connectivity index (χ4v) is 5.07. The van der Waals surface area contributed by atoms with E-state index in [0.717, 1.165) is 12.1 Å². The van der Waals surface area contributed by atoms with Gasteiger partial charge in [-0.3, -0.25) is 0 Å². The molecular weight excluding hydrogens is 362 g/mol. The molecule has 0 aromatic heterocycles. The first kappa shape index (κ1) is 18.9. The molecule has 120 valence electrons. The van der Waals surface area contributed by atoms with Gasteiger partial charge in [-0.05, 0) is 26.0 Å². The highest BCUT2D eigenvalue weighted by Gasteiger charge is 2.36. The van der Waals surface area contributed by atoms with Gasteiger partial charge in [0.15, 0.2) is 0 Å². The van der Waals surface area contributed by atoms with Crippen molar-refractivity contribution in [1.29, 1.82) is 0 Å². The van der Waals surface area contributed by atoms with Crippen LogP contribution in [0.15, 0.2) is 17.0 Å². The van der Waals surface area contributed by atoms with Crippen molar-refractivity contribution in [1.82, 2.24) is 9.62 Å². The lowest BCUT2D eigenvalue weighted by Gasteiger charge is -2.36. The average molecular weight is 378 g/mol. The molecule has 0 radical (unpaired) electrons. The van der Waals surface area contributed by atoms with Crippen molar-refractivity contribution in [2.45, 2.75) is 30.8 Å². The molecule has 1 heterocycles. The fourth-order valence-electron chi connectivity index (χ4n) is 2.22. The number of sulfonamides is 1. The average Bonchev–Trinajstić information content (AvgIpc) is 2.30. The molecule has 1 saturated heterocycles. The molecule has 9 heteroatoms. The van der Waals surface area contributed by atoms with Gasteiger partial charge in [-0.1, -0.05) is 23.2 Å². The Balaban J connectivity index is 0.00000220. The molecule has 0 saturated carbocycles. The van der Waals surface area contributed by atoms with E-state index in [0.29, 0.717) is 13.1 Å². The summed E-state index contributed by atoms with van der Waals surface area (Å²) in [5.74, 6) is -0.666. The molecular formula is C12H16Cl3FN2O2S. The van der Waals surface area contributed by atoms with Crippen LogP contribution in [0.25, 0.3) is 0 Å². The maximum atomic E-state index is 13.2. The molecule has 1 aliphatic heterocycles. The standard InChI is InChI=1S/C12H15Cl2FN2O2S.ClH/c1-7-6-17(8(2)5-16-7)20(18,19)12-10(13)3-9(15)4-11(12)14;/h3-4,7-8,16H,5-6H2,1-2H3;1H. The van der Waals surface area contributed by atoms with Crippen molar-refractivity contribution in [3.63, 3.8) is 0 Å². The maximum Gasteiger partial charge on any atom is 0.246 e. The molecule has 1 aliphatic rings. The summed E-state index contributed by atoms with van der Waals surface area (Å²) in [4.78, 5) is -0.233. The van der Waals surface area contributed by atoms with Crippen molar-refractivity contribution in [2.24, 2.45) is 0 Å². The van der Waals surface area contributed by atoms with Crippen molar-refractivity contribution in [3.8, 4) is 0 Å². The summed E-state index contributed by atoms with van der Waals surface area (Å²) in [5, 5.41) is 2.79. The summed E-state index contributed by atoms with van der Waals surface area (Å²) in [5.41, 5.74) is 0. The molecule has 1 fully saturated rings. The van der Waals surface area contributed by atoms with Gasteiger partial charge in [-0.15, -0.1) is 12.4 Å². The van der Waals surface area contributed by atoms with Crippen LogP contribution in [0.2, 0.25) is 10.0 Å². The third-order valence-electron chi connectivity index (χ3n) is 3.24. The van der Waals surface area contributed by atoms with Gasteiger partial charge < -0.3 is 5.32 Å². The van der Waals surface area contributed by atoms with Gasteiger partial charge in [0.1, 0.15) is 10.7 Å². The molecule has 1 N–H and O–H groups in total. The van der Waals surface area contributed by atoms with E-state index in [-0.39, 0.29) is 39.4 Å². The molecule has 2 unspecified atom stereocenters. The van der Waals surface area contributed by atoms with E-state index in [2.05, 4.69) is 5.32 Å². The number of hydrogen-bond donors (Lipinski definition) is 1. The molecule has 21 heavy (non-hydrogen) atoms. The van der Waals surface area contributed by atoms with Crippen molar-refractivity contribution in [3.05, 3.63) is 28.0 Å². The topological polar surface area (TPSA) is 49.4 Å². The summed E-state index contributed by atoms with van der Waals surface area (Å²) in [6.45, 7) is 4.54. The molecule has 0 spiro atoms. The van der Waals surface area contributed by atoms with Crippen LogP contribution in [0.1, 0.15) is 13.8 Å². The second-order valence-electron chi connectivity index (χ2n) is 4.93. The zero-order valence-corrected chi connectivity index (χ0v) is 14.6. The summed E-state index contributed by atoms with van der Waals surface area (Å²) < 4.78 is 39.9. The first-order valence-corrected chi connectivity index (χ1v) is 8.33. The highest BCUT2D eigenvalue weighted by Crippen LogP contribution is 2.33. The molecule has 0 aliphatic carbocycles. The Hall–Kier alpha value is -0.110. The van der Waals surface area contributed by atoms with Crippen LogP contribution in [-0.2, 0) is 10.0 Å². The smallest absolute Gasteiger partial charge is 0.246 e. The van der Waals surface area contributed by atoms with E-state index in [1.54, 1.807) is 6.92 Å².